The number of aromatic hydroxyl groups is 1. The van der Waals surface area contributed by atoms with Crippen molar-refractivity contribution >= 4 is 39.1 Å². The van der Waals surface area contributed by atoms with Gasteiger partial charge < -0.3 is 15.5 Å². The van der Waals surface area contributed by atoms with Gasteiger partial charge in [0.25, 0.3) is 5.91 Å². The highest BCUT2D eigenvalue weighted by Crippen LogP contribution is 2.45. The molecule has 6 nitrogen and oxygen atoms in total. The number of carbonyl (C=O) groups is 1. The molecule has 0 heterocycles. The number of halogens is 4. The minimum absolute atomic E-state index is 0.0264. The Morgan fingerprint density at radius 3 is 2.26 bits per heavy atom. The van der Waals surface area contributed by atoms with E-state index in [1.807, 2.05) is 0 Å². The van der Waals surface area contributed by atoms with Gasteiger partial charge in [0.1, 0.15) is 5.75 Å². The highest BCUT2D eigenvalue weighted by atomic mass is 35.5. The van der Waals surface area contributed by atoms with Crippen molar-refractivity contribution in [2.75, 3.05) is 12.5 Å². The molecule has 2 rings (SSSR count). The third-order valence-corrected chi connectivity index (χ3v) is 7.19. The van der Waals surface area contributed by atoms with E-state index in [4.69, 9.17) is 11.6 Å². The molecule has 0 aromatic heterocycles. The summed E-state index contributed by atoms with van der Waals surface area (Å²) in [4.78, 5) is 12.4. The van der Waals surface area contributed by atoms with Crippen molar-refractivity contribution in [3.05, 3.63) is 52.5 Å². The summed E-state index contributed by atoms with van der Waals surface area (Å²) in [5, 5.41) is 21.9. The summed E-state index contributed by atoms with van der Waals surface area (Å²) in [5.41, 5.74) is -4.15. The Balaban J connectivity index is 2.70. The van der Waals surface area contributed by atoms with Gasteiger partial charge in [0.2, 0.25) is 0 Å². The van der Waals surface area contributed by atoms with Crippen molar-refractivity contribution in [1.82, 2.24) is 5.32 Å². The maximum absolute atomic E-state index is 13.7. The highest BCUT2D eigenvalue weighted by molar-refractivity contribution is 7.99. The van der Waals surface area contributed by atoms with E-state index >= 15 is 0 Å². The number of phenols is 1. The van der Waals surface area contributed by atoms with E-state index in [0.717, 1.165) is 30.2 Å². The number of hydrogen-bond donors (Lipinski definition) is 3. The molecule has 31 heavy (non-hydrogen) atoms. The average Bonchev–Trinajstić information content (AvgIpc) is 2.64. The second kappa shape index (κ2) is 8.89. The standard InChI is InChI=1S/C19H19ClF3NO5S2/c1-18(27,19(21,22)23)16(24-17(26)10-6-4-5-7-12(10)25)11-8-9-13(31(3,28)29)15(30-2)14(11)20/h4-9,16,25,27H,1-3H3,(H,24,26). The maximum atomic E-state index is 13.7. The van der Waals surface area contributed by atoms with Crippen LogP contribution in [-0.4, -0.2) is 48.8 Å². The zero-order chi connectivity index (χ0) is 23.8. The van der Waals surface area contributed by atoms with E-state index in [1.165, 1.54) is 30.5 Å². The molecule has 2 aromatic carbocycles. The molecule has 0 fully saturated rings. The van der Waals surface area contributed by atoms with Crippen molar-refractivity contribution in [1.29, 1.82) is 0 Å². The zero-order valence-corrected chi connectivity index (χ0v) is 18.9. The second-order valence-corrected chi connectivity index (χ2v) is 10.0. The lowest BCUT2D eigenvalue weighted by molar-refractivity contribution is -0.263. The molecule has 0 bridgehead atoms. The number of hydrogen-bond acceptors (Lipinski definition) is 6. The summed E-state index contributed by atoms with van der Waals surface area (Å²) in [7, 11) is -3.76. The average molecular weight is 498 g/mol. The Kier molecular flexibility index (Phi) is 7.26. The largest absolute Gasteiger partial charge is 0.507 e. The number of alkyl halides is 3. The molecule has 0 spiro atoms. The number of para-hydroxylation sites is 1. The van der Waals surface area contributed by atoms with E-state index in [2.05, 4.69) is 5.32 Å². The fraction of sp³-hybridized carbons (Fsp3) is 0.316. The fourth-order valence-electron chi connectivity index (χ4n) is 2.82. The minimum atomic E-state index is -5.19. The van der Waals surface area contributed by atoms with Gasteiger partial charge in [-0.3, -0.25) is 4.79 Å². The van der Waals surface area contributed by atoms with Gasteiger partial charge in [0.15, 0.2) is 15.4 Å². The molecule has 0 saturated carbocycles. The van der Waals surface area contributed by atoms with Gasteiger partial charge in [-0.15, -0.1) is 11.8 Å². The van der Waals surface area contributed by atoms with Gasteiger partial charge >= 0.3 is 6.18 Å². The topological polar surface area (TPSA) is 104 Å². The molecule has 170 valence electrons. The molecular weight excluding hydrogens is 479 g/mol. The lowest BCUT2D eigenvalue weighted by atomic mass is 9.89. The number of nitrogens with one attached hydrogen (secondary N) is 1. The molecule has 0 aliphatic rings. The molecule has 1 amide bonds. The summed E-state index contributed by atoms with van der Waals surface area (Å²) >= 11 is 7.16. The Labute approximate surface area is 186 Å². The second-order valence-electron chi connectivity index (χ2n) is 6.84. The fourth-order valence-corrected chi connectivity index (χ4v) is 5.40. The predicted octanol–water partition coefficient (Wildman–Crippen LogP) is 3.96. The number of rotatable bonds is 6. The smallest absolute Gasteiger partial charge is 0.419 e. The van der Waals surface area contributed by atoms with Crippen molar-refractivity contribution in [3.63, 3.8) is 0 Å². The van der Waals surface area contributed by atoms with Crippen LogP contribution < -0.4 is 5.32 Å². The number of amides is 1. The summed E-state index contributed by atoms with van der Waals surface area (Å²) < 4.78 is 65.1. The number of sulfone groups is 1. The Bertz CT molecular complexity index is 1100. The quantitative estimate of drug-likeness (QED) is 0.522. The van der Waals surface area contributed by atoms with Gasteiger partial charge in [-0.05, 0) is 36.9 Å². The molecule has 2 aromatic rings. The summed E-state index contributed by atoms with van der Waals surface area (Å²) in [6.07, 6.45) is -2.79. The Morgan fingerprint density at radius 2 is 1.77 bits per heavy atom. The van der Waals surface area contributed by atoms with E-state index in [9.17, 15) is 36.6 Å². The van der Waals surface area contributed by atoms with Crippen LogP contribution in [0.15, 0.2) is 46.2 Å². The van der Waals surface area contributed by atoms with E-state index in [0.29, 0.717) is 6.92 Å². The predicted molar refractivity (Wildman–Crippen MR) is 111 cm³/mol. The van der Waals surface area contributed by atoms with Crippen molar-refractivity contribution in [2.24, 2.45) is 0 Å². The Morgan fingerprint density at radius 1 is 1.19 bits per heavy atom. The summed E-state index contributed by atoms with van der Waals surface area (Å²) in [6.45, 7) is 0.461. The molecule has 2 atom stereocenters. The number of thioether (sulfide) groups is 1. The number of carbonyl (C=O) groups excluding carboxylic acids is 1. The van der Waals surface area contributed by atoms with Crippen LogP contribution in [-0.2, 0) is 9.84 Å². The van der Waals surface area contributed by atoms with Crippen LogP contribution in [0, 0.1) is 0 Å². The molecule has 0 aliphatic heterocycles. The summed E-state index contributed by atoms with van der Waals surface area (Å²) in [5.74, 6) is -1.57. The van der Waals surface area contributed by atoms with E-state index in [-0.39, 0.29) is 25.9 Å². The van der Waals surface area contributed by atoms with Crippen LogP contribution in [0.4, 0.5) is 13.2 Å². The monoisotopic (exact) mass is 497 g/mol. The molecule has 3 N–H and O–H groups in total. The van der Waals surface area contributed by atoms with Gasteiger partial charge in [-0.2, -0.15) is 13.2 Å². The molecule has 0 saturated heterocycles. The van der Waals surface area contributed by atoms with Gasteiger partial charge in [-0.1, -0.05) is 29.8 Å². The first-order valence-electron chi connectivity index (χ1n) is 8.57. The van der Waals surface area contributed by atoms with Crippen LogP contribution in [0.5, 0.6) is 5.75 Å². The lowest BCUT2D eigenvalue weighted by Gasteiger charge is -2.36. The SMILES string of the molecule is CSc1c(S(C)(=O)=O)ccc(C(NC(=O)c2ccccc2O)C(C)(O)C(F)(F)F)c1Cl. The van der Waals surface area contributed by atoms with Crippen LogP contribution in [0.2, 0.25) is 5.02 Å². The summed E-state index contributed by atoms with van der Waals surface area (Å²) in [6, 6.07) is 5.12. The first-order valence-corrected chi connectivity index (χ1v) is 12.1. The number of benzene rings is 2. The van der Waals surface area contributed by atoms with Crippen LogP contribution >= 0.6 is 23.4 Å². The van der Waals surface area contributed by atoms with E-state index < -0.39 is 39.3 Å². The van der Waals surface area contributed by atoms with Crippen LogP contribution in [0.25, 0.3) is 0 Å². The molecule has 12 heteroatoms. The number of phenolic OH excluding ortho intramolecular Hbond substituents is 1. The number of aliphatic hydroxyl groups is 1. The molecule has 2 unspecified atom stereocenters. The normalized spacial score (nSPS) is 15.2. The van der Waals surface area contributed by atoms with Gasteiger partial charge in [0.05, 0.1) is 21.5 Å². The zero-order valence-electron chi connectivity index (χ0n) is 16.5. The molecule has 0 radical (unpaired) electrons. The lowest BCUT2D eigenvalue weighted by Crippen LogP contribution is -2.53. The minimum Gasteiger partial charge on any atom is -0.507 e. The van der Waals surface area contributed by atoms with Gasteiger partial charge in [-0.25, -0.2) is 8.42 Å². The van der Waals surface area contributed by atoms with Crippen molar-refractivity contribution in [3.8, 4) is 5.75 Å². The van der Waals surface area contributed by atoms with Crippen molar-refractivity contribution < 1.29 is 36.6 Å². The highest BCUT2D eigenvalue weighted by Gasteiger charge is 2.56. The van der Waals surface area contributed by atoms with Crippen LogP contribution in [0.3, 0.4) is 0 Å². The first-order chi connectivity index (χ1) is 14.1. The van der Waals surface area contributed by atoms with Gasteiger partial charge in [0, 0.05) is 11.2 Å². The van der Waals surface area contributed by atoms with Crippen LogP contribution in [0.1, 0.15) is 28.9 Å². The van der Waals surface area contributed by atoms with Crippen molar-refractivity contribution in [2.45, 2.75) is 34.5 Å². The Hall–Kier alpha value is -1.95. The first kappa shape index (κ1) is 25.3. The molecular formula is C19H19ClF3NO5S2. The third kappa shape index (κ3) is 5.11. The molecule has 0 aliphatic carbocycles. The van der Waals surface area contributed by atoms with E-state index in [1.54, 1.807) is 0 Å². The third-order valence-electron chi connectivity index (χ3n) is 4.57. The maximum Gasteiger partial charge on any atom is 0.419 e.